The fourth-order valence-electron chi connectivity index (χ4n) is 5.09. The molecular weight excluding hydrogens is 652 g/mol. The Morgan fingerprint density at radius 1 is 0.560 bits per heavy atom. The normalized spacial score (nSPS) is 10.5. The summed E-state index contributed by atoms with van der Waals surface area (Å²) in [5.41, 5.74) is 1.53. The number of aromatic carboxylic acids is 2. The van der Waals surface area contributed by atoms with Gasteiger partial charge in [-0.3, -0.25) is 0 Å². The topological polar surface area (TPSA) is 124 Å². The first-order valence-electron chi connectivity index (χ1n) is 15.0. The average Bonchev–Trinajstić information content (AvgIpc) is 3.13. The second-order valence-corrected chi connectivity index (χ2v) is 10.8. The lowest BCUT2D eigenvalue weighted by atomic mass is 9.99. The summed E-state index contributed by atoms with van der Waals surface area (Å²) >= 11 is 0. The number of nitrogens with zero attached hydrogens (tertiary/aromatic N) is 2. The van der Waals surface area contributed by atoms with Crippen LogP contribution in [0.4, 0.5) is 40.6 Å². The Morgan fingerprint density at radius 2 is 0.920 bits per heavy atom. The molecule has 4 N–H and O–H groups in total. The van der Waals surface area contributed by atoms with Gasteiger partial charge in [-0.15, -0.1) is 0 Å². The van der Waals surface area contributed by atoms with Gasteiger partial charge in [-0.1, -0.05) is 60.7 Å². The molecule has 4 aromatic carbocycles. The highest BCUT2D eigenvalue weighted by atomic mass is 19.1. The number of anilines is 4. The van der Waals surface area contributed by atoms with Crippen molar-refractivity contribution in [2.75, 3.05) is 10.6 Å². The molecule has 0 amide bonds. The molecule has 0 aliphatic rings. The van der Waals surface area contributed by atoms with Crippen LogP contribution in [0.5, 0.6) is 0 Å². The predicted molar refractivity (Wildman–Crippen MR) is 182 cm³/mol. The number of carboxylic acids is 2. The maximum absolute atomic E-state index is 14.7. The summed E-state index contributed by atoms with van der Waals surface area (Å²) in [7, 11) is 0. The van der Waals surface area contributed by atoms with E-state index >= 15 is 0 Å². The van der Waals surface area contributed by atoms with Crippen LogP contribution in [0.25, 0.3) is 22.3 Å². The maximum Gasteiger partial charge on any atom is 0.339 e. The largest absolute Gasteiger partial charge is 0.478 e. The van der Waals surface area contributed by atoms with Crippen LogP contribution < -0.4 is 10.6 Å². The summed E-state index contributed by atoms with van der Waals surface area (Å²) in [6.45, 7) is 3.08. The van der Waals surface area contributed by atoms with E-state index in [1.807, 2.05) is 12.1 Å². The molecule has 0 fully saturated rings. The van der Waals surface area contributed by atoms with E-state index in [1.54, 1.807) is 62.4 Å². The molecule has 0 unspecified atom stereocenters. The van der Waals surface area contributed by atoms with Gasteiger partial charge in [0.1, 0.15) is 45.8 Å². The van der Waals surface area contributed by atoms with Gasteiger partial charge < -0.3 is 20.8 Å². The summed E-state index contributed by atoms with van der Waals surface area (Å²) in [5, 5.41) is 23.3. The van der Waals surface area contributed by atoms with Crippen LogP contribution in [0.2, 0.25) is 0 Å². The highest BCUT2D eigenvalue weighted by Crippen LogP contribution is 2.35. The van der Waals surface area contributed by atoms with Crippen molar-refractivity contribution >= 4 is 34.9 Å². The van der Waals surface area contributed by atoms with E-state index in [4.69, 9.17) is 10.2 Å². The minimum Gasteiger partial charge on any atom is -0.478 e. The number of hydrogen-bond acceptors (Lipinski definition) is 6. The fourth-order valence-corrected chi connectivity index (χ4v) is 5.09. The monoisotopic (exact) mass is 680 g/mol. The van der Waals surface area contributed by atoms with Gasteiger partial charge in [0, 0.05) is 12.4 Å². The van der Waals surface area contributed by atoms with E-state index in [2.05, 4.69) is 20.6 Å². The number of rotatable bonds is 8. The summed E-state index contributed by atoms with van der Waals surface area (Å²) in [5.74, 6) is -5.98. The van der Waals surface area contributed by atoms with Crippen molar-refractivity contribution < 1.29 is 37.4 Å². The van der Waals surface area contributed by atoms with Crippen LogP contribution in [0.15, 0.2) is 109 Å². The number of pyridine rings is 2. The predicted octanol–water partition coefficient (Wildman–Crippen LogP) is 9.55. The molecule has 0 spiro atoms. The maximum atomic E-state index is 14.7. The van der Waals surface area contributed by atoms with E-state index in [1.165, 1.54) is 48.8 Å². The van der Waals surface area contributed by atoms with Gasteiger partial charge in [-0.05, 0) is 83.6 Å². The first kappa shape index (κ1) is 34.8. The Morgan fingerprint density at radius 3 is 1.26 bits per heavy atom. The molecule has 8 nitrogen and oxygen atoms in total. The van der Waals surface area contributed by atoms with E-state index < -0.39 is 46.6 Å². The number of hydrogen-bond donors (Lipinski definition) is 4. The van der Waals surface area contributed by atoms with Crippen LogP contribution in [0.1, 0.15) is 31.8 Å². The van der Waals surface area contributed by atoms with Gasteiger partial charge in [0.25, 0.3) is 0 Å². The van der Waals surface area contributed by atoms with Crippen LogP contribution in [0, 0.1) is 37.1 Å². The Labute approximate surface area is 283 Å². The second-order valence-electron chi connectivity index (χ2n) is 10.8. The number of nitrogens with one attached hydrogen (secondary N) is 2. The average molecular weight is 681 g/mol. The highest BCUT2D eigenvalue weighted by molar-refractivity contribution is 5.94. The second kappa shape index (κ2) is 15.1. The lowest BCUT2D eigenvalue weighted by Gasteiger charge is -2.15. The Hall–Kier alpha value is -6.56. The zero-order valence-corrected chi connectivity index (χ0v) is 26.5. The zero-order valence-electron chi connectivity index (χ0n) is 26.5. The summed E-state index contributed by atoms with van der Waals surface area (Å²) in [6, 6.07) is 25.7. The lowest BCUT2D eigenvalue weighted by molar-refractivity contribution is 0.0686. The van der Waals surface area contributed by atoms with Crippen molar-refractivity contribution in [1.29, 1.82) is 0 Å². The molecule has 0 bridgehead atoms. The Balaban J connectivity index is 0.000000194. The number of halogens is 4. The molecule has 252 valence electrons. The van der Waals surface area contributed by atoms with Crippen LogP contribution in [-0.2, 0) is 0 Å². The number of carboxylic acid groups (broad SMARTS) is 2. The first-order valence-corrected chi connectivity index (χ1v) is 15.0. The highest BCUT2D eigenvalue weighted by Gasteiger charge is 2.21. The molecule has 12 heteroatoms. The van der Waals surface area contributed by atoms with E-state index in [0.29, 0.717) is 22.3 Å². The van der Waals surface area contributed by atoms with E-state index in [-0.39, 0.29) is 33.9 Å². The third-order valence-corrected chi connectivity index (χ3v) is 7.66. The summed E-state index contributed by atoms with van der Waals surface area (Å²) in [4.78, 5) is 30.2. The van der Waals surface area contributed by atoms with Crippen molar-refractivity contribution in [1.82, 2.24) is 9.97 Å². The van der Waals surface area contributed by atoms with Gasteiger partial charge in [-0.25, -0.2) is 37.1 Å². The minimum absolute atomic E-state index is 0.125. The van der Waals surface area contributed by atoms with Crippen molar-refractivity contribution in [3.8, 4) is 22.3 Å². The molecule has 6 rings (SSSR count). The van der Waals surface area contributed by atoms with Gasteiger partial charge in [-0.2, -0.15) is 0 Å². The van der Waals surface area contributed by atoms with Crippen molar-refractivity contribution in [2.45, 2.75) is 13.8 Å². The van der Waals surface area contributed by atoms with Gasteiger partial charge in [0.2, 0.25) is 0 Å². The molecule has 6 aromatic rings. The molecule has 50 heavy (non-hydrogen) atoms. The first-order chi connectivity index (χ1) is 24.0. The van der Waals surface area contributed by atoms with Gasteiger partial charge >= 0.3 is 11.9 Å². The van der Waals surface area contributed by atoms with Crippen LogP contribution >= 0.6 is 0 Å². The molecule has 0 saturated heterocycles. The fraction of sp³-hybridized carbons (Fsp3) is 0.0526. The molecule has 0 radical (unpaired) electrons. The lowest BCUT2D eigenvalue weighted by Crippen LogP contribution is -2.08. The molecule has 2 heterocycles. The molecular formula is C38H28F4N4O4. The van der Waals surface area contributed by atoms with E-state index in [9.17, 15) is 27.2 Å². The summed E-state index contributed by atoms with van der Waals surface area (Å²) in [6.07, 6.45) is 2.69. The number of benzene rings is 4. The molecule has 0 saturated carbocycles. The molecule has 0 aliphatic heterocycles. The van der Waals surface area contributed by atoms with Gasteiger partial charge in [0.15, 0.2) is 11.6 Å². The summed E-state index contributed by atoms with van der Waals surface area (Å²) < 4.78 is 58.5. The van der Waals surface area contributed by atoms with Gasteiger partial charge in [0.05, 0.1) is 0 Å². The number of carbonyl (C=O) groups is 2. The van der Waals surface area contributed by atoms with Crippen molar-refractivity contribution in [3.63, 3.8) is 0 Å². The van der Waals surface area contributed by atoms with Crippen LogP contribution in [0.3, 0.4) is 0 Å². The van der Waals surface area contributed by atoms with E-state index in [0.717, 1.165) is 0 Å². The number of aromatic nitrogens is 2. The molecule has 2 aromatic heterocycles. The SMILES string of the molecule is Cc1c(-c2ccccc2)cc(F)c(Nc2ncccc2C(=O)O)c1F.Cc1c(-c2ccccc2)cc(F)c(Nc2ncccc2C(=O)O)c1F. The molecule has 0 aliphatic carbocycles. The molecule has 0 atom stereocenters. The third kappa shape index (κ3) is 7.44. The zero-order chi connectivity index (χ0) is 35.9. The van der Waals surface area contributed by atoms with Crippen LogP contribution in [-0.4, -0.2) is 32.1 Å². The standard InChI is InChI=1S/2C19H14F2N2O2/c2*1-11-14(12-6-3-2-4-7-12)10-15(20)17(16(11)21)23-18-13(19(24)25)8-5-9-22-18/h2*2-10H,1H3,(H,22,23)(H,24,25). The van der Waals surface area contributed by atoms with Crippen molar-refractivity contribution in [3.05, 3.63) is 155 Å². The smallest absolute Gasteiger partial charge is 0.339 e. The quantitative estimate of drug-likeness (QED) is 0.117. The minimum atomic E-state index is -1.24. The Kier molecular flexibility index (Phi) is 10.5. The third-order valence-electron chi connectivity index (χ3n) is 7.66. The Bertz CT molecular complexity index is 2040. The van der Waals surface area contributed by atoms with Crippen molar-refractivity contribution in [2.24, 2.45) is 0 Å².